The van der Waals surface area contributed by atoms with Crippen LogP contribution in [0.2, 0.25) is 0 Å². The monoisotopic (exact) mass is 341 g/mol. The molecule has 0 bridgehead atoms. The number of carbonyl (C=O) groups excluding carboxylic acids is 1. The Morgan fingerprint density at radius 3 is 2.65 bits per heavy atom. The number of nitriles is 1. The van der Waals surface area contributed by atoms with E-state index in [1.807, 2.05) is 12.1 Å². The van der Waals surface area contributed by atoms with Crippen LogP contribution >= 0.6 is 0 Å². The van der Waals surface area contributed by atoms with Crippen LogP contribution in [0, 0.1) is 11.3 Å². The van der Waals surface area contributed by atoms with Gasteiger partial charge < -0.3 is 10.1 Å². The number of amides is 1. The first-order valence-electron chi connectivity index (χ1n) is 7.90. The zero-order chi connectivity index (χ0) is 18.2. The van der Waals surface area contributed by atoms with Crippen molar-refractivity contribution in [1.29, 1.82) is 5.26 Å². The van der Waals surface area contributed by atoms with E-state index in [2.05, 4.69) is 16.4 Å². The Morgan fingerprint density at radius 2 is 1.92 bits per heavy atom. The molecule has 1 amide bonds. The lowest BCUT2D eigenvalue weighted by atomic mass is 10.1. The SMILES string of the molecule is N#Cc1cccc(/C=C/C(=O)Nc2ccc(Oc3cccnc3)cc2)c1. The van der Waals surface area contributed by atoms with Gasteiger partial charge in [0.25, 0.3) is 0 Å². The lowest BCUT2D eigenvalue weighted by molar-refractivity contribution is -0.111. The predicted octanol–water partition coefficient (Wildman–Crippen LogP) is 4.40. The highest BCUT2D eigenvalue weighted by Crippen LogP contribution is 2.22. The first kappa shape index (κ1) is 16.9. The first-order valence-corrected chi connectivity index (χ1v) is 7.90. The molecule has 26 heavy (non-hydrogen) atoms. The number of aromatic nitrogens is 1. The third kappa shape index (κ3) is 4.79. The topological polar surface area (TPSA) is 75.0 Å². The van der Waals surface area contributed by atoms with Crippen molar-refractivity contribution in [2.24, 2.45) is 0 Å². The van der Waals surface area contributed by atoms with E-state index in [4.69, 9.17) is 10.00 Å². The van der Waals surface area contributed by atoms with Gasteiger partial charge in [0.15, 0.2) is 0 Å². The minimum absolute atomic E-state index is 0.256. The lowest BCUT2D eigenvalue weighted by Crippen LogP contribution is -2.07. The van der Waals surface area contributed by atoms with Crippen molar-refractivity contribution in [2.45, 2.75) is 0 Å². The molecule has 0 saturated heterocycles. The van der Waals surface area contributed by atoms with Crippen molar-refractivity contribution in [3.05, 3.63) is 90.3 Å². The Labute approximate surface area is 151 Å². The van der Waals surface area contributed by atoms with Gasteiger partial charge in [-0.1, -0.05) is 12.1 Å². The summed E-state index contributed by atoms with van der Waals surface area (Å²) < 4.78 is 5.65. The van der Waals surface area contributed by atoms with Crippen molar-refractivity contribution >= 4 is 17.7 Å². The Kier molecular flexibility index (Phi) is 5.38. The van der Waals surface area contributed by atoms with E-state index in [1.165, 1.54) is 6.08 Å². The molecule has 0 unspecified atom stereocenters. The number of hydrogen-bond acceptors (Lipinski definition) is 4. The summed E-state index contributed by atoms with van der Waals surface area (Å²) in [6.45, 7) is 0. The van der Waals surface area contributed by atoms with Gasteiger partial charge in [0.05, 0.1) is 17.8 Å². The molecule has 2 aromatic carbocycles. The first-order chi connectivity index (χ1) is 12.7. The van der Waals surface area contributed by atoms with Gasteiger partial charge >= 0.3 is 0 Å². The van der Waals surface area contributed by atoms with E-state index in [1.54, 1.807) is 67.0 Å². The number of hydrogen-bond donors (Lipinski definition) is 1. The van der Waals surface area contributed by atoms with Crippen LogP contribution in [0.5, 0.6) is 11.5 Å². The van der Waals surface area contributed by atoms with Gasteiger partial charge in [-0.15, -0.1) is 0 Å². The predicted molar refractivity (Wildman–Crippen MR) is 99.6 cm³/mol. The number of rotatable bonds is 5. The third-order valence-corrected chi connectivity index (χ3v) is 3.43. The molecule has 0 atom stereocenters. The van der Waals surface area contributed by atoms with Crippen LogP contribution in [0.25, 0.3) is 6.08 Å². The zero-order valence-corrected chi connectivity index (χ0v) is 13.8. The molecular formula is C21H15N3O2. The Morgan fingerprint density at radius 1 is 1.08 bits per heavy atom. The second kappa shape index (κ2) is 8.27. The van der Waals surface area contributed by atoms with Crippen LogP contribution in [-0.4, -0.2) is 10.9 Å². The summed E-state index contributed by atoms with van der Waals surface area (Å²) in [5.41, 5.74) is 2.00. The lowest BCUT2D eigenvalue weighted by Gasteiger charge is -2.06. The fourth-order valence-corrected chi connectivity index (χ4v) is 2.22. The second-order valence-corrected chi connectivity index (χ2v) is 5.38. The molecule has 126 valence electrons. The molecule has 3 aromatic rings. The van der Waals surface area contributed by atoms with Crippen LogP contribution in [0.15, 0.2) is 79.1 Å². The van der Waals surface area contributed by atoms with E-state index in [0.29, 0.717) is 22.7 Å². The van der Waals surface area contributed by atoms with Gasteiger partial charge in [-0.05, 0) is 60.2 Å². The quantitative estimate of drug-likeness (QED) is 0.698. The van der Waals surface area contributed by atoms with Crippen LogP contribution in [0.3, 0.4) is 0 Å². The minimum Gasteiger partial charge on any atom is -0.456 e. The maximum Gasteiger partial charge on any atom is 0.248 e. The molecule has 0 aliphatic rings. The largest absolute Gasteiger partial charge is 0.456 e. The zero-order valence-electron chi connectivity index (χ0n) is 13.8. The van der Waals surface area contributed by atoms with E-state index in [-0.39, 0.29) is 5.91 Å². The molecule has 0 aliphatic carbocycles. The molecule has 1 N–H and O–H groups in total. The molecule has 0 aliphatic heterocycles. The average molecular weight is 341 g/mol. The molecule has 1 heterocycles. The van der Waals surface area contributed by atoms with Crippen LogP contribution in [0.4, 0.5) is 5.69 Å². The number of nitrogens with zero attached hydrogens (tertiary/aromatic N) is 2. The van der Waals surface area contributed by atoms with Crippen molar-refractivity contribution in [3.8, 4) is 17.6 Å². The maximum atomic E-state index is 12.0. The smallest absolute Gasteiger partial charge is 0.248 e. The fourth-order valence-electron chi connectivity index (χ4n) is 2.22. The number of carbonyl (C=O) groups is 1. The van der Waals surface area contributed by atoms with E-state index < -0.39 is 0 Å². The summed E-state index contributed by atoms with van der Waals surface area (Å²) in [5.74, 6) is 1.04. The van der Waals surface area contributed by atoms with E-state index >= 15 is 0 Å². The van der Waals surface area contributed by atoms with Crippen LogP contribution in [0.1, 0.15) is 11.1 Å². The second-order valence-electron chi connectivity index (χ2n) is 5.38. The highest BCUT2D eigenvalue weighted by Gasteiger charge is 2.01. The molecule has 3 rings (SSSR count). The molecule has 0 spiro atoms. The number of benzene rings is 2. The highest BCUT2D eigenvalue weighted by atomic mass is 16.5. The third-order valence-electron chi connectivity index (χ3n) is 3.43. The minimum atomic E-state index is -0.256. The molecule has 0 fully saturated rings. The van der Waals surface area contributed by atoms with Gasteiger partial charge in [0, 0.05) is 18.0 Å². The summed E-state index contributed by atoms with van der Waals surface area (Å²) in [5, 5.41) is 11.7. The normalized spacial score (nSPS) is 10.3. The van der Waals surface area contributed by atoms with Gasteiger partial charge in [0.1, 0.15) is 11.5 Å². The van der Waals surface area contributed by atoms with E-state index in [0.717, 1.165) is 5.56 Å². The number of pyridine rings is 1. The Bertz CT molecular complexity index is 959. The van der Waals surface area contributed by atoms with Gasteiger partial charge in [-0.25, -0.2) is 0 Å². The number of anilines is 1. The summed E-state index contributed by atoms with van der Waals surface area (Å²) in [7, 11) is 0. The highest BCUT2D eigenvalue weighted by molar-refractivity contribution is 6.01. The van der Waals surface area contributed by atoms with Crippen LogP contribution < -0.4 is 10.1 Å². The number of nitrogens with one attached hydrogen (secondary N) is 1. The summed E-state index contributed by atoms with van der Waals surface area (Å²) in [4.78, 5) is 16.0. The average Bonchev–Trinajstić information content (AvgIpc) is 2.69. The van der Waals surface area contributed by atoms with Crippen molar-refractivity contribution in [2.75, 3.05) is 5.32 Å². The summed E-state index contributed by atoms with van der Waals surface area (Å²) in [6.07, 6.45) is 6.39. The van der Waals surface area contributed by atoms with Gasteiger partial charge in [-0.3, -0.25) is 9.78 Å². The Hall–Kier alpha value is -3.91. The van der Waals surface area contributed by atoms with Crippen LogP contribution in [-0.2, 0) is 4.79 Å². The molecule has 5 nitrogen and oxygen atoms in total. The van der Waals surface area contributed by atoms with E-state index in [9.17, 15) is 4.79 Å². The van der Waals surface area contributed by atoms with Crippen molar-refractivity contribution in [3.63, 3.8) is 0 Å². The summed E-state index contributed by atoms with van der Waals surface area (Å²) in [6, 6.07) is 19.8. The van der Waals surface area contributed by atoms with Crippen molar-refractivity contribution < 1.29 is 9.53 Å². The number of ether oxygens (including phenoxy) is 1. The Balaban J connectivity index is 1.59. The molecule has 0 radical (unpaired) electrons. The molecule has 1 aromatic heterocycles. The summed E-state index contributed by atoms with van der Waals surface area (Å²) >= 11 is 0. The molecule has 5 heteroatoms. The van der Waals surface area contributed by atoms with Gasteiger partial charge in [-0.2, -0.15) is 5.26 Å². The van der Waals surface area contributed by atoms with Gasteiger partial charge in [0.2, 0.25) is 5.91 Å². The standard InChI is InChI=1S/C21H15N3O2/c22-14-17-4-1-3-16(13-17)6-11-21(25)24-18-7-9-19(10-8-18)26-20-5-2-12-23-15-20/h1-13,15H,(H,24,25)/b11-6+. The maximum absolute atomic E-state index is 12.0. The fraction of sp³-hybridized carbons (Fsp3) is 0. The molecule has 0 saturated carbocycles. The molecular weight excluding hydrogens is 326 g/mol. The van der Waals surface area contributed by atoms with Crippen molar-refractivity contribution in [1.82, 2.24) is 4.98 Å².